The predicted octanol–water partition coefficient (Wildman–Crippen LogP) is 3.60. The maximum absolute atomic E-state index is 14.6. The minimum Gasteiger partial charge on any atom is -0.445 e. The second-order valence-corrected chi connectivity index (χ2v) is 7.45. The van der Waals surface area contributed by atoms with Crippen LogP contribution in [0.15, 0.2) is 30.3 Å². The summed E-state index contributed by atoms with van der Waals surface area (Å²) < 4.78 is 25.1. The number of piperidine rings is 1. The molecule has 1 saturated heterocycles. The molecule has 0 spiro atoms. The minimum absolute atomic E-state index is 0.106. The summed E-state index contributed by atoms with van der Waals surface area (Å²) in [5.74, 6) is 0. The summed E-state index contributed by atoms with van der Waals surface area (Å²) in [6.45, 7) is 5.65. The average molecular weight is 366 g/mol. The van der Waals surface area contributed by atoms with Gasteiger partial charge in [-0.2, -0.15) is 0 Å². The van der Waals surface area contributed by atoms with Crippen molar-refractivity contribution in [3.8, 4) is 0 Å². The highest BCUT2D eigenvalue weighted by Crippen LogP contribution is 2.21. The number of amides is 2. The van der Waals surface area contributed by atoms with Gasteiger partial charge in [-0.25, -0.2) is 14.0 Å². The molecule has 2 amide bonds. The molecule has 1 aliphatic heterocycles. The van der Waals surface area contributed by atoms with Crippen LogP contribution >= 0.6 is 0 Å². The third-order valence-corrected chi connectivity index (χ3v) is 4.15. The number of halogens is 1. The van der Waals surface area contributed by atoms with Gasteiger partial charge in [-0.3, -0.25) is 0 Å². The molecular formula is C19H27FN2O4. The number of alkyl halides is 1. The molecule has 0 bridgehead atoms. The SMILES string of the molecule is CN(C(=O)OC(C)(C)C)C1CCN(C(=O)OCc2ccccc2)C[C@@H]1F. The molecular weight excluding hydrogens is 339 g/mol. The first-order chi connectivity index (χ1) is 12.2. The molecule has 1 unspecified atom stereocenters. The van der Waals surface area contributed by atoms with E-state index in [0.717, 1.165) is 5.56 Å². The van der Waals surface area contributed by atoms with Gasteiger partial charge in [-0.1, -0.05) is 30.3 Å². The fourth-order valence-electron chi connectivity index (χ4n) is 2.77. The van der Waals surface area contributed by atoms with Crippen LogP contribution in [-0.4, -0.2) is 59.9 Å². The molecule has 0 saturated carbocycles. The molecule has 0 N–H and O–H groups in total. The Morgan fingerprint density at radius 1 is 1.27 bits per heavy atom. The van der Waals surface area contributed by atoms with Crippen LogP contribution in [0.1, 0.15) is 32.8 Å². The molecule has 0 aliphatic carbocycles. The lowest BCUT2D eigenvalue weighted by atomic mass is 10.0. The van der Waals surface area contributed by atoms with Crippen molar-refractivity contribution in [3.05, 3.63) is 35.9 Å². The Kier molecular flexibility index (Phi) is 6.45. The molecule has 0 radical (unpaired) electrons. The molecule has 144 valence electrons. The van der Waals surface area contributed by atoms with E-state index < -0.39 is 30.0 Å². The second kappa shape index (κ2) is 8.38. The van der Waals surface area contributed by atoms with Crippen molar-refractivity contribution < 1.29 is 23.5 Å². The topological polar surface area (TPSA) is 59.1 Å². The molecule has 7 heteroatoms. The number of rotatable bonds is 3. The lowest BCUT2D eigenvalue weighted by Crippen LogP contribution is -2.54. The molecule has 2 rings (SSSR count). The molecule has 6 nitrogen and oxygen atoms in total. The Hall–Kier alpha value is -2.31. The summed E-state index contributed by atoms with van der Waals surface area (Å²) in [5, 5.41) is 0. The summed E-state index contributed by atoms with van der Waals surface area (Å²) >= 11 is 0. The monoisotopic (exact) mass is 366 g/mol. The average Bonchev–Trinajstić information content (AvgIpc) is 2.58. The van der Waals surface area contributed by atoms with Gasteiger partial charge in [0.25, 0.3) is 0 Å². The van der Waals surface area contributed by atoms with Crippen molar-refractivity contribution in [1.82, 2.24) is 9.80 Å². The molecule has 1 heterocycles. The summed E-state index contributed by atoms with van der Waals surface area (Å²) in [6.07, 6.45) is -2.14. The van der Waals surface area contributed by atoms with Gasteiger partial charge in [0, 0.05) is 13.6 Å². The highest BCUT2D eigenvalue weighted by Gasteiger charge is 2.37. The van der Waals surface area contributed by atoms with Gasteiger partial charge in [-0.05, 0) is 32.8 Å². The minimum atomic E-state index is -1.36. The van der Waals surface area contributed by atoms with E-state index in [1.165, 1.54) is 16.8 Å². The van der Waals surface area contributed by atoms with Crippen molar-refractivity contribution in [2.75, 3.05) is 20.1 Å². The molecule has 1 aliphatic rings. The number of benzene rings is 1. The van der Waals surface area contributed by atoms with E-state index in [9.17, 15) is 14.0 Å². The Balaban J connectivity index is 1.85. The van der Waals surface area contributed by atoms with Gasteiger partial charge in [0.1, 0.15) is 18.4 Å². The maximum atomic E-state index is 14.6. The zero-order valence-corrected chi connectivity index (χ0v) is 15.8. The number of ether oxygens (including phenoxy) is 2. The molecule has 2 atom stereocenters. The highest BCUT2D eigenvalue weighted by molar-refractivity contribution is 5.69. The summed E-state index contributed by atoms with van der Waals surface area (Å²) in [6, 6.07) is 8.69. The largest absolute Gasteiger partial charge is 0.445 e. The van der Waals surface area contributed by atoms with E-state index in [-0.39, 0.29) is 13.2 Å². The lowest BCUT2D eigenvalue weighted by Gasteiger charge is -2.38. The first-order valence-corrected chi connectivity index (χ1v) is 8.73. The van der Waals surface area contributed by atoms with Gasteiger partial charge >= 0.3 is 12.2 Å². The maximum Gasteiger partial charge on any atom is 0.410 e. The summed E-state index contributed by atoms with van der Waals surface area (Å²) in [7, 11) is 1.52. The lowest BCUT2D eigenvalue weighted by molar-refractivity contribution is -0.00298. The fourth-order valence-corrected chi connectivity index (χ4v) is 2.77. The van der Waals surface area contributed by atoms with Crippen LogP contribution in [0, 0.1) is 0 Å². The van der Waals surface area contributed by atoms with E-state index in [0.29, 0.717) is 13.0 Å². The van der Waals surface area contributed by atoms with Crippen molar-refractivity contribution in [2.45, 2.75) is 51.6 Å². The normalized spacial score (nSPS) is 20.4. The van der Waals surface area contributed by atoms with Crippen LogP contribution in [0.5, 0.6) is 0 Å². The smallest absolute Gasteiger partial charge is 0.410 e. The van der Waals surface area contributed by atoms with Crippen molar-refractivity contribution in [3.63, 3.8) is 0 Å². The van der Waals surface area contributed by atoms with E-state index in [4.69, 9.17) is 9.47 Å². The first kappa shape index (κ1) is 20.0. The van der Waals surface area contributed by atoms with Crippen molar-refractivity contribution >= 4 is 12.2 Å². The van der Waals surface area contributed by atoms with Gasteiger partial charge < -0.3 is 19.3 Å². The van der Waals surface area contributed by atoms with Gasteiger partial charge in [-0.15, -0.1) is 0 Å². The quantitative estimate of drug-likeness (QED) is 0.820. The number of likely N-dealkylation sites (tertiary alicyclic amines) is 1. The molecule has 1 aromatic rings. The third-order valence-electron chi connectivity index (χ3n) is 4.15. The van der Waals surface area contributed by atoms with Gasteiger partial charge in [0.15, 0.2) is 0 Å². The van der Waals surface area contributed by atoms with E-state index in [1.807, 2.05) is 30.3 Å². The first-order valence-electron chi connectivity index (χ1n) is 8.73. The fraction of sp³-hybridized carbons (Fsp3) is 0.579. The van der Waals surface area contributed by atoms with Gasteiger partial charge in [0.2, 0.25) is 0 Å². The van der Waals surface area contributed by atoms with Crippen molar-refractivity contribution in [2.24, 2.45) is 0 Å². The number of hydrogen-bond acceptors (Lipinski definition) is 4. The zero-order valence-electron chi connectivity index (χ0n) is 15.8. The number of hydrogen-bond donors (Lipinski definition) is 0. The molecule has 1 aromatic carbocycles. The van der Waals surface area contributed by atoms with Crippen LogP contribution in [0.4, 0.5) is 14.0 Å². The molecule has 26 heavy (non-hydrogen) atoms. The Labute approximate surface area is 153 Å². The van der Waals surface area contributed by atoms with Crippen LogP contribution in [0.25, 0.3) is 0 Å². The summed E-state index contributed by atoms with van der Waals surface area (Å²) in [5.41, 5.74) is 0.233. The Bertz CT molecular complexity index is 618. The third kappa shape index (κ3) is 5.61. The summed E-state index contributed by atoms with van der Waals surface area (Å²) in [4.78, 5) is 26.9. The second-order valence-electron chi connectivity index (χ2n) is 7.45. The number of carbonyl (C=O) groups excluding carboxylic acids is 2. The van der Waals surface area contributed by atoms with E-state index in [1.54, 1.807) is 20.8 Å². The zero-order chi connectivity index (χ0) is 19.3. The predicted molar refractivity (Wildman–Crippen MR) is 95.5 cm³/mol. The van der Waals surface area contributed by atoms with Crippen LogP contribution in [0.3, 0.4) is 0 Å². The van der Waals surface area contributed by atoms with E-state index >= 15 is 0 Å². The van der Waals surface area contributed by atoms with Gasteiger partial charge in [0.05, 0.1) is 12.6 Å². The molecule has 1 fully saturated rings. The Morgan fingerprint density at radius 2 is 1.92 bits per heavy atom. The van der Waals surface area contributed by atoms with E-state index in [2.05, 4.69) is 0 Å². The highest BCUT2D eigenvalue weighted by atomic mass is 19.1. The van der Waals surface area contributed by atoms with Crippen LogP contribution < -0.4 is 0 Å². The molecule has 0 aromatic heterocycles. The van der Waals surface area contributed by atoms with Crippen LogP contribution in [-0.2, 0) is 16.1 Å². The Morgan fingerprint density at radius 3 is 2.50 bits per heavy atom. The number of nitrogens with zero attached hydrogens (tertiary/aromatic N) is 2. The van der Waals surface area contributed by atoms with Crippen molar-refractivity contribution in [1.29, 1.82) is 0 Å². The number of carbonyl (C=O) groups is 2. The standard InChI is InChI=1S/C19H27FN2O4/c1-19(2,3)26-17(23)21(4)16-10-11-22(12-15(16)20)18(24)25-13-14-8-6-5-7-9-14/h5-9,15-16H,10-13H2,1-4H3/t15-,16?/m0/s1. The van der Waals surface area contributed by atoms with Crippen LogP contribution in [0.2, 0.25) is 0 Å².